The fourth-order valence-corrected chi connectivity index (χ4v) is 2.11. The molecule has 3 rings (SSSR count). The van der Waals surface area contributed by atoms with Crippen molar-refractivity contribution in [3.8, 4) is 0 Å². The van der Waals surface area contributed by atoms with E-state index in [0.29, 0.717) is 18.8 Å². The van der Waals surface area contributed by atoms with Gasteiger partial charge in [-0.25, -0.2) is 4.79 Å². The number of carboxylic acids is 1. The van der Waals surface area contributed by atoms with E-state index in [1.165, 1.54) is 12.3 Å². The highest BCUT2D eigenvalue weighted by Gasteiger charge is 2.21. The van der Waals surface area contributed by atoms with Crippen molar-refractivity contribution in [1.82, 2.24) is 19.7 Å². The van der Waals surface area contributed by atoms with E-state index < -0.39 is 5.97 Å². The summed E-state index contributed by atoms with van der Waals surface area (Å²) in [6.45, 7) is 2.76. The van der Waals surface area contributed by atoms with Crippen molar-refractivity contribution in [2.24, 2.45) is 0 Å². The lowest BCUT2D eigenvalue weighted by molar-refractivity contribution is 0.0692. The van der Waals surface area contributed by atoms with Crippen LogP contribution in [0.3, 0.4) is 0 Å². The third-order valence-corrected chi connectivity index (χ3v) is 3.06. The summed E-state index contributed by atoms with van der Waals surface area (Å²) in [4.78, 5) is 13.1. The van der Waals surface area contributed by atoms with Gasteiger partial charge in [-0.2, -0.15) is 0 Å². The van der Waals surface area contributed by atoms with Gasteiger partial charge < -0.3 is 14.1 Å². The lowest BCUT2D eigenvalue weighted by Gasteiger charge is -2.26. The van der Waals surface area contributed by atoms with Crippen molar-refractivity contribution in [1.29, 1.82) is 0 Å². The van der Waals surface area contributed by atoms with Crippen molar-refractivity contribution >= 4 is 5.97 Å². The monoisotopic (exact) mass is 248 g/mol. The Morgan fingerprint density at radius 1 is 1.50 bits per heavy atom. The number of carbonyl (C=O) groups is 1. The van der Waals surface area contributed by atoms with E-state index in [9.17, 15) is 4.79 Å². The molecule has 0 unspecified atom stereocenters. The summed E-state index contributed by atoms with van der Waals surface area (Å²) >= 11 is 0. The van der Waals surface area contributed by atoms with E-state index in [4.69, 9.17) is 9.52 Å². The molecule has 7 heteroatoms. The van der Waals surface area contributed by atoms with Crippen LogP contribution < -0.4 is 0 Å². The van der Waals surface area contributed by atoms with E-state index >= 15 is 0 Å². The maximum atomic E-state index is 11.0. The van der Waals surface area contributed by atoms with Gasteiger partial charge in [-0.1, -0.05) is 0 Å². The number of aromatic carboxylic acids is 1. The lowest BCUT2D eigenvalue weighted by Crippen LogP contribution is -2.33. The number of aromatic nitrogens is 3. The highest BCUT2D eigenvalue weighted by atomic mass is 16.4. The van der Waals surface area contributed by atoms with Crippen LogP contribution in [0, 0.1) is 0 Å². The van der Waals surface area contributed by atoms with Crippen LogP contribution in [0.1, 0.15) is 21.9 Å². The first-order chi connectivity index (χ1) is 8.74. The molecule has 1 aliphatic heterocycles. The SMILES string of the molecule is O=C(O)c1ccoc1CN1CCn2cnnc2C1. The largest absolute Gasteiger partial charge is 0.478 e. The van der Waals surface area contributed by atoms with Gasteiger partial charge in [0.1, 0.15) is 23.5 Å². The number of carboxylic acid groups (broad SMARTS) is 1. The molecule has 1 N–H and O–H groups in total. The van der Waals surface area contributed by atoms with Crippen molar-refractivity contribution in [3.63, 3.8) is 0 Å². The van der Waals surface area contributed by atoms with E-state index in [2.05, 4.69) is 15.1 Å². The number of furan rings is 1. The van der Waals surface area contributed by atoms with Gasteiger partial charge in [0.15, 0.2) is 0 Å². The van der Waals surface area contributed by atoms with Crippen molar-refractivity contribution < 1.29 is 14.3 Å². The predicted molar refractivity (Wildman–Crippen MR) is 59.8 cm³/mol. The van der Waals surface area contributed by atoms with Gasteiger partial charge in [0.05, 0.1) is 19.4 Å². The molecule has 0 amide bonds. The van der Waals surface area contributed by atoms with Crippen LogP contribution in [0.5, 0.6) is 0 Å². The Kier molecular flexibility index (Phi) is 2.60. The summed E-state index contributed by atoms with van der Waals surface area (Å²) in [5.41, 5.74) is 0.224. The molecule has 0 fully saturated rings. The van der Waals surface area contributed by atoms with Crippen LogP contribution >= 0.6 is 0 Å². The molecule has 2 aromatic heterocycles. The van der Waals surface area contributed by atoms with E-state index in [-0.39, 0.29) is 5.56 Å². The van der Waals surface area contributed by atoms with E-state index in [1.54, 1.807) is 6.33 Å². The zero-order valence-corrected chi connectivity index (χ0v) is 9.61. The Labute approximate surface area is 103 Å². The summed E-state index contributed by atoms with van der Waals surface area (Å²) < 4.78 is 7.23. The van der Waals surface area contributed by atoms with Gasteiger partial charge in [0.25, 0.3) is 0 Å². The molecule has 0 aliphatic carbocycles. The Bertz CT molecular complexity index is 574. The van der Waals surface area contributed by atoms with Crippen LogP contribution in [0.25, 0.3) is 0 Å². The Morgan fingerprint density at radius 2 is 2.39 bits per heavy atom. The second-order valence-corrected chi connectivity index (χ2v) is 4.21. The fraction of sp³-hybridized carbons (Fsp3) is 0.364. The second kappa shape index (κ2) is 4.26. The zero-order valence-electron chi connectivity index (χ0n) is 9.61. The molecule has 2 aromatic rings. The molecular weight excluding hydrogens is 236 g/mol. The molecule has 0 bridgehead atoms. The second-order valence-electron chi connectivity index (χ2n) is 4.21. The number of nitrogens with zero attached hydrogens (tertiary/aromatic N) is 4. The van der Waals surface area contributed by atoms with Gasteiger partial charge in [0.2, 0.25) is 0 Å². The third-order valence-electron chi connectivity index (χ3n) is 3.06. The highest BCUT2D eigenvalue weighted by Crippen LogP contribution is 2.17. The highest BCUT2D eigenvalue weighted by molar-refractivity contribution is 5.88. The summed E-state index contributed by atoms with van der Waals surface area (Å²) in [5, 5.41) is 16.9. The molecule has 1 aliphatic rings. The molecule has 0 radical (unpaired) electrons. The van der Waals surface area contributed by atoms with Gasteiger partial charge in [-0.05, 0) is 6.07 Å². The Morgan fingerprint density at radius 3 is 3.22 bits per heavy atom. The number of rotatable bonds is 3. The molecule has 18 heavy (non-hydrogen) atoms. The maximum absolute atomic E-state index is 11.0. The molecule has 0 saturated carbocycles. The number of hydrogen-bond acceptors (Lipinski definition) is 5. The fourth-order valence-electron chi connectivity index (χ4n) is 2.11. The van der Waals surface area contributed by atoms with Crippen LogP contribution in [-0.4, -0.2) is 37.3 Å². The first-order valence-corrected chi connectivity index (χ1v) is 5.63. The average Bonchev–Trinajstić information content (AvgIpc) is 2.96. The third kappa shape index (κ3) is 1.88. The summed E-state index contributed by atoms with van der Waals surface area (Å²) in [7, 11) is 0. The summed E-state index contributed by atoms with van der Waals surface area (Å²) in [5.74, 6) is 0.416. The molecule has 0 saturated heterocycles. The average molecular weight is 248 g/mol. The smallest absolute Gasteiger partial charge is 0.339 e. The predicted octanol–water partition coefficient (Wildman–Crippen LogP) is 0.585. The quantitative estimate of drug-likeness (QED) is 0.855. The standard InChI is InChI=1S/C11H12N4O3/c16-11(17)8-1-4-18-9(8)5-14-2-3-15-7-12-13-10(15)6-14/h1,4,7H,2-3,5-6H2,(H,16,17). The van der Waals surface area contributed by atoms with Crippen LogP contribution in [0.15, 0.2) is 23.1 Å². The van der Waals surface area contributed by atoms with Gasteiger partial charge in [0, 0.05) is 13.1 Å². The molecule has 7 nitrogen and oxygen atoms in total. The molecule has 0 atom stereocenters. The van der Waals surface area contributed by atoms with Crippen molar-refractivity contribution in [3.05, 3.63) is 35.8 Å². The van der Waals surface area contributed by atoms with Crippen molar-refractivity contribution in [2.45, 2.75) is 19.6 Å². The lowest BCUT2D eigenvalue weighted by atomic mass is 10.2. The minimum Gasteiger partial charge on any atom is -0.478 e. The molecule has 0 aromatic carbocycles. The Balaban J connectivity index is 1.75. The first-order valence-electron chi connectivity index (χ1n) is 5.63. The number of hydrogen-bond donors (Lipinski definition) is 1. The van der Waals surface area contributed by atoms with Crippen LogP contribution in [0.2, 0.25) is 0 Å². The molecule has 94 valence electrons. The normalized spacial score (nSPS) is 15.6. The van der Waals surface area contributed by atoms with E-state index in [1.807, 2.05) is 4.57 Å². The molecule has 0 spiro atoms. The van der Waals surface area contributed by atoms with Gasteiger partial charge in [-0.15, -0.1) is 10.2 Å². The minimum absolute atomic E-state index is 0.224. The maximum Gasteiger partial charge on any atom is 0.339 e. The Hall–Kier alpha value is -2.15. The topological polar surface area (TPSA) is 84.4 Å². The zero-order chi connectivity index (χ0) is 12.5. The van der Waals surface area contributed by atoms with Gasteiger partial charge >= 0.3 is 5.97 Å². The first kappa shape index (κ1) is 11.0. The van der Waals surface area contributed by atoms with Gasteiger partial charge in [-0.3, -0.25) is 4.90 Å². The van der Waals surface area contributed by atoms with E-state index in [0.717, 1.165) is 18.9 Å². The van der Waals surface area contributed by atoms with Crippen molar-refractivity contribution in [2.75, 3.05) is 6.54 Å². The summed E-state index contributed by atoms with van der Waals surface area (Å²) in [6, 6.07) is 1.48. The molecular formula is C11H12N4O3. The minimum atomic E-state index is -0.959. The van der Waals surface area contributed by atoms with Crippen LogP contribution in [-0.2, 0) is 19.6 Å². The summed E-state index contributed by atoms with van der Waals surface area (Å²) in [6.07, 6.45) is 3.12. The van der Waals surface area contributed by atoms with Crippen LogP contribution in [0.4, 0.5) is 0 Å². The molecule has 3 heterocycles. The number of fused-ring (bicyclic) bond motifs is 1.